The third kappa shape index (κ3) is 3.94. The van der Waals surface area contributed by atoms with Crippen LogP contribution in [-0.4, -0.2) is 36.5 Å². The Kier molecular flexibility index (Phi) is 4.92. The van der Waals surface area contributed by atoms with E-state index in [0.717, 1.165) is 17.8 Å². The predicted octanol–water partition coefficient (Wildman–Crippen LogP) is 0.813. The Labute approximate surface area is 127 Å². The Morgan fingerprint density at radius 2 is 2.09 bits per heavy atom. The number of carbonyl (C=O) groups excluding carboxylic acids is 1. The molecule has 0 unspecified atom stereocenters. The summed E-state index contributed by atoms with van der Waals surface area (Å²) < 4.78 is 3.28. The smallest absolute Gasteiger partial charge is 0.356 e. The van der Waals surface area contributed by atoms with Crippen molar-refractivity contribution in [2.24, 2.45) is 0 Å². The lowest BCUT2D eigenvalue weighted by Gasteiger charge is -2.04. The fourth-order valence-corrected chi connectivity index (χ4v) is 1.99. The molecule has 0 bridgehead atoms. The molecule has 2 aromatic rings. The normalized spacial score (nSPS) is 10.6. The summed E-state index contributed by atoms with van der Waals surface area (Å²) in [6, 6.07) is 1.41. The molecule has 0 fully saturated rings. The number of carboxylic acid groups (broad SMARTS) is 1. The molecule has 2 heterocycles. The van der Waals surface area contributed by atoms with Crippen molar-refractivity contribution >= 4 is 11.9 Å². The van der Waals surface area contributed by atoms with E-state index in [2.05, 4.69) is 15.5 Å². The van der Waals surface area contributed by atoms with Crippen molar-refractivity contribution < 1.29 is 14.7 Å². The van der Waals surface area contributed by atoms with Crippen molar-refractivity contribution in [3.63, 3.8) is 0 Å². The Hall–Kier alpha value is -2.64. The molecule has 8 heteroatoms. The number of hydrogen-bond donors (Lipinski definition) is 2. The quantitative estimate of drug-likeness (QED) is 0.788. The molecular formula is C14H19N5O3. The number of aromatic carboxylic acids is 1. The molecule has 0 saturated heterocycles. The highest BCUT2D eigenvalue weighted by molar-refractivity contribution is 5.85. The van der Waals surface area contributed by atoms with Gasteiger partial charge in [0.05, 0.1) is 5.69 Å². The monoisotopic (exact) mass is 305 g/mol. The van der Waals surface area contributed by atoms with Gasteiger partial charge in [0.15, 0.2) is 5.69 Å². The molecule has 2 aromatic heterocycles. The van der Waals surface area contributed by atoms with E-state index in [1.165, 1.54) is 10.7 Å². The average Bonchev–Trinajstić information content (AvgIpc) is 3.09. The first-order valence-corrected chi connectivity index (χ1v) is 7.06. The van der Waals surface area contributed by atoms with Crippen molar-refractivity contribution in [2.45, 2.75) is 39.9 Å². The van der Waals surface area contributed by atoms with Crippen LogP contribution in [0.4, 0.5) is 0 Å². The van der Waals surface area contributed by atoms with Crippen LogP contribution in [0.25, 0.3) is 0 Å². The predicted molar refractivity (Wildman–Crippen MR) is 78.3 cm³/mol. The van der Waals surface area contributed by atoms with E-state index in [1.54, 1.807) is 6.20 Å². The molecule has 0 atom stereocenters. The number of carbonyl (C=O) groups is 2. The molecular weight excluding hydrogens is 286 g/mol. The zero-order valence-corrected chi connectivity index (χ0v) is 12.6. The summed E-state index contributed by atoms with van der Waals surface area (Å²) in [6.45, 7) is 5.48. The van der Waals surface area contributed by atoms with E-state index in [9.17, 15) is 9.59 Å². The zero-order valence-electron chi connectivity index (χ0n) is 12.6. The minimum atomic E-state index is -1.08. The van der Waals surface area contributed by atoms with E-state index in [4.69, 9.17) is 5.11 Å². The number of nitrogens with zero attached hydrogens (tertiary/aromatic N) is 4. The molecule has 8 nitrogen and oxygen atoms in total. The lowest BCUT2D eigenvalue weighted by Crippen LogP contribution is -2.24. The maximum atomic E-state index is 11.8. The summed E-state index contributed by atoms with van der Waals surface area (Å²) in [5, 5.41) is 19.8. The summed E-state index contributed by atoms with van der Waals surface area (Å²) in [5.41, 5.74) is 1.87. The summed E-state index contributed by atoms with van der Waals surface area (Å²) in [5.74, 6) is -1.19. The van der Waals surface area contributed by atoms with Crippen molar-refractivity contribution in [3.05, 3.63) is 35.4 Å². The molecule has 22 heavy (non-hydrogen) atoms. The maximum absolute atomic E-state index is 11.8. The molecule has 2 rings (SSSR count). The third-order valence-electron chi connectivity index (χ3n) is 3.28. The van der Waals surface area contributed by atoms with Crippen LogP contribution in [0.5, 0.6) is 0 Å². The number of carboxylic acids is 1. The average molecular weight is 305 g/mol. The van der Waals surface area contributed by atoms with Gasteiger partial charge in [-0.05, 0) is 19.9 Å². The van der Waals surface area contributed by atoms with E-state index < -0.39 is 5.97 Å². The maximum Gasteiger partial charge on any atom is 0.356 e. The Balaban J connectivity index is 1.80. The highest BCUT2D eigenvalue weighted by Crippen LogP contribution is 2.05. The zero-order chi connectivity index (χ0) is 16.1. The summed E-state index contributed by atoms with van der Waals surface area (Å²) in [7, 11) is 0. The van der Waals surface area contributed by atoms with E-state index in [-0.39, 0.29) is 18.0 Å². The van der Waals surface area contributed by atoms with Crippen LogP contribution in [0, 0.1) is 6.92 Å². The van der Waals surface area contributed by atoms with Gasteiger partial charge < -0.3 is 10.4 Å². The van der Waals surface area contributed by atoms with Gasteiger partial charge in [-0.1, -0.05) is 0 Å². The van der Waals surface area contributed by atoms with E-state index in [0.29, 0.717) is 13.1 Å². The highest BCUT2D eigenvalue weighted by Gasteiger charge is 2.09. The van der Waals surface area contributed by atoms with Crippen LogP contribution in [0.3, 0.4) is 0 Å². The summed E-state index contributed by atoms with van der Waals surface area (Å²) in [6.07, 6.45) is 3.70. The lowest BCUT2D eigenvalue weighted by atomic mass is 10.2. The molecule has 0 aliphatic heterocycles. The van der Waals surface area contributed by atoms with Gasteiger partial charge in [0.25, 0.3) is 0 Å². The third-order valence-corrected chi connectivity index (χ3v) is 3.28. The van der Waals surface area contributed by atoms with Gasteiger partial charge in [0.1, 0.15) is 0 Å². The van der Waals surface area contributed by atoms with E-state index in [1.807, 2.05) is 24.7 Å². The summed E-state index contributed by atoms with van der Waals surface area (Å²) in [4.78, 5) is 22.5. The fraction of sp³-hybridized carbons (Fsp3) is 0.429. The van der Waals surface area contributed by atoms with Crippen LogP contribution in [-0.2, 0) is 24.4 Å². The van der Waals surface area contributed by atoms with Gasteiger partial charge >= 0.3 is 5.97 Å². The van der Waals surface area contributed by atoms with Crippen LogP contribution in [0.1, 0.15) is 35.1 Å². The van der Waals surface area contributed by atoms with Crippen molar-refractivity contribution in [2.75, 3.05) is 0 Å². The van der Waals surface area contributed by atoms with Gasteiger partial charge in [-0.15, -0.1) is 0 Å². The Bertz CT molecular complexity index is 674. The second-order valence-corrected chi connectivity index (χ2v) is 4.89. The molecule has 1 amide bonds. The number of aryl methyl sites for hydroxylation is 3. The Morgan fingerprint density at radius 1 is 1.32 bits per heavy atom. The minimum Gasteiger partial charge on any atom is -0.476 e. The standard InChI is InChI=1S/C14H19N5O3/c1-3-18-9-11(10(2)16-18)8-15-13(20)5-7-19-6-4-12(17-19)14(21)22/h4,6,9H,3,5,7-8H2,1-2H3,(H,15,20)(H,21,22). The number of aromatic nitrogens is 4. The molecule has 0 aromatic carbocycles. The SMILES string of the molecule is CCn1cc(CNC(=O)CCn2ccc(C(=O)O)n2)c(C)n1. The Morgan fingerprint density at radius 3 is 2.68 bits per heavy atom. The molecule has 2 N–H and O–H groups in total. The number of nitrogens with one attached hydrogen (secondary N) is 1. The first kappa shape index (κ1) is 15.7. The number of amides is 1. The molecule has 0 saturated carbocycles. The van der Waals surface area contributed by atoms with Crippen molar-refractivity contribution in [1.82, 2.24) is 24.9 Å². The number of rotatable bonds is 7. The number of hydrogen-bond acceptors (Lipinski definition) is 4. The van der Waals surface area contributed by atoms with Gasteiger partial charge in [-0.25, -0.2) is 4.79 Å². The van der Waals surface area contributed by atoms with Gasteiger partial charge in [0, 0.05) is 44.0 Å². The first-order valence-electron chi connectivity index (χ1n) is 7.06. The molecule has 0 aliphatic rings. The summed E-state index contributed by atoms with van der Waals surface area (Å²) >= 11 is 0. The first-order chi connectivity index (χ1) is 10.5. The lowest BCUT2D eigenvalue weighted by molar-refractivity contribution is -0.121. The van der Waals surface area contributed by atoms with Crippen LogP contribution in [0.15, 0.2) is 18.5 Å². The fourth-order valence-electron chi connectivity index (χ4n) is 1.99. The van der Waals surface area contributed by atoms with Crippen LogP contribution >= 0.6 is 0 Å². The minimum absolute atomic E-state index is 0.0250. The second-order valence-electron chi connectivity index (χ2n) is 4.89. The van der Waals surface area contributed by atoms with Gasteiger partial charge in [-0.2, -0.15) is 10.2 Å². The highest BCUT2D eigenvalue weighted by atomic mass is 16.4. The van der Waals surface area contributed by atoms with Crippen molar-refractivity contribution in [1.29, 1.82) is 0 Å². The van der Waals surface area contributed by atoms with Gasteiger partial charge in [0.2, 0.25) is 5.91 Å². The van der Waals surface area contributed by atoms with E-state index >= 15 is 0 Å². The topological polar surface area (TPSA) is 102 Å². The van der Waals surface area contributed by atoms with Crippen LogP contribution in [0.2, 0.25) is 0 Å². The van der Waals surface area contributed by atoms with Crippen LogP contribution < -0.4 is 5.32 Å². The molecule has 0 spiro atoms. The van der Waals surface area contributed by atoms with Crippen molar-refractivity contribution in [3.8, 4) is 0 Å². The largest absolute Gasteiger partial charge is 0.476 e. The van der Waals surface area contributed by atoms with Gasteiger partial charge in [-0.3, -0.25) is 14.2 Å². The molecule has 118 valence electrons. The second kappa shape index (κ2) is 6.88. The molecule has 0 radical (unpaired) electrons. The molecule has 0 aliphatic carbocycles.